The van der Waals surface area contributed by atoms with E-state index in [0.29, 0.717) is 6.54 Å². The minimum Gasteiger partial charge on any atom is -0.358 e. The van der Waals surface area contributed by atoms with Crippen molar-refractivity contribution < 1.29 is 4.79 Å². The smallest absolute Gasteiger partial charge is 0.239 e. The molecule has 0 saturated heterocycles. The second-order valence-electron chi connectivity index (χ2n) is 2.76. The molecule has 0 spiro atoms. The van der Waals surface area contributed by atoms with Crippen LogP contribution in [-0.2, 0) is 4.79 Å². The second-order valence-corrected chi connectivity index (χ2v) is 2.76. The van der Waals surface area contributed by atoms with Gasteiger partial charge >= 0.3 is 0 Å². The third-order valence-corrected chi connectivity index (χ3v) is 1.43. The summed E-state index contributed by atoms with van der Waals surface area (Å²) in [5, 5.41) is 5.46. The molecule has 0 saturated carbocycles. The number of likely N-dealkylation sites (N-methyl/N-ethyl adjacent to an activating group) is 1. The van der Waals surface area contributed by atoms with E-state index >= 15 is 0 Å². The fourth-order valence-corrected chi connectivity index (χ4v) is 0.665. The van der Waals surface area contributed by atoms with Gasteiger partial charge in [0, 0.05) is 7.05 Å². The molecule has 3 heteroatoms. The first-order valence-corrected chi connectivity index (χ1v) is 3.45. The largest absolute Gasteiger partial charge is 0.358 e. The van der Waals surface area contributed by atoms with Gasteiger partial charge in [0.15, 0.2) is 0 Å². The van der Waals surface area contributed by atoms with Gasteiger partial charge < -0.3 is 5.32 Å². The number of nitrogens with one attached hydrogen (secondary N) is 2. The molecule has 0 aliphatic rings. The van der Waals surface area contributed by atoms with Crippen molar-refractivity contribution in [3.8, 4) is 12.3 Å². The van der Waals surface area contributed by atoms with Gasteiger partial charge in [-0.05, 0) is 13.8 Å². The first kappa shape index (κ1) is 9.99. The van der Waals surface area contributed by atoms with Gasteiger partial charge in [0.2, 0.25) is 5.91 Å². The van der Waals surface area contributed by atoms with Crippen LogP contribution in [0.25, 0.3) is 0 Å². The van der Waals surface area contributed by atoms with E-state index < -0.39 is 5.54 Å². The lowest BCUT2D eigenvalue weighted by atomic mass is 10.1. The van der Waals surface area contributed by atoms with E-state index in [1.807, 2.05) is 0 Å². The number of terminal acetylenes is 1. The molecule has 3 nitrogen and oxygen atoms in total. The Morgan fingerprint density at radius 2 is 2.18 bits per heavy atom. The number of carbonyl (C=O) groups excluding carboxylic acids is 1. The van der Waals surface area contributed by atoms with Crippen molar-refractivity contribution in [3.05, 3.63) is 0 Å². The maximum atomic E-state index is 11.1. The molecule has 0 bridgehead atoms. The first-order chi connectivity index (χ1) is 5.04. The zero-order valence-corrected chi connectivity index (χ0v) is 7.19. The van der Waals surface area contributed by atoms with Crippen molar-refractivity contribution in [2.75, 3.05) is 13.6 Å². The normalized spacial score (nSPS) is 10.4. The van der Waals surface area contributed by atoms with E-state index in [1.54, 1.807) is 20.9 Å². The monoisotopic (exact) mass is 154 g/mol. The predicted octanol–water partition coefficient (Wildman–Crippen LogP) is -0.266. The van der Waals surface area contributed by atoms with Crippen LogP contribution in [0.3, 0.4) is 0 Å². The molecular formula is C8H14N2O. The van der Waals surface area contributed by atoms with Crippen molar-refractivity contribution in [2.45, 2.75) is 19.4 Å². The van der Waals surface area contributed by atoms with Crippen molar-refractivity contribution in [1.82, 2.24) is 10.6 Å². The maximum Gasteiger partial charge on any atom is 0.239 e. The zero-order valence-electron chi connectivity index (χ0n) is 7.19. The highest BCUT2D eigenvalue weighted by Crippen LogP contribution is 1.99. The molecular weight excluding hydrogens is 140 g/mol. The molecule has 2 N–H and O–H groups in total. The topological polar surface area (TPSA) is 41.1 Å². The Kier molecular flexibility index (Phi) is 3.63. The Morgan fingerprint density at radius 3 is 2.55 bits per heavy atom. The van der Waals surface area contributed by atoms with Crippen LogP contribution in [0.5, 0.6) is 0 Å². The average molecular weight is 154 g/mol. The number of hydrogen-bond acceptors (Lipinski definition) is 2. The van der Waals surface area contributed by atoms with Crippen LogP contribution in [0.4, 0.5) is 0 Å². The zero-order chi connectivity index (χ0) is 8.91. The minimum absolute atomic E-state index is 0.0623. The molecule has 0 aromatic rings. The van der Waals surface area contributed by atoms with Crippen LogP contribution in [-0.4, -0.2) is 25.0 Å². The molecule has 0 aliphatic carbocycles. The predicted molar refractivity (Wildman–Crippen MR) is 45.0 cm³/mol. The minimum atomic E-state index is -0.582. The number of amides is 1. The van der Waals surface area contributed by atoms with Gasteiger partial charge in [0.25, 0.3) is 0 Å². The van der Waals surface area contributed by atoms with Gasteiger partial charge in [-0.1, -0.05) is 5.92 Å². The van der Waals surface area contributed by atoms with E-state index in [4.69, 9.17) is 6.42 Å². The maximum absolute atomic E-state index is 11.1. The molecule has 0 aliphatic heterocycles. The SMILES string of the molecule is C#CCNC(C)(C)C(=O)NC. The molecule has 0 aromatic heterocycles. The number of rotatable bonds is 3. The molecule has 0 radical (unpaired) electrons. The lowest BCUT2D eigenvalue weighted by Crippen LogP contribution is -2.51. The van der Waals surface area contributed by atoms with Gasteiger partial charge in [0.05, 0.1) is 12.1 Å². The van der Waals surface area contributed by atoms with Crippen LogP contribution in [0.15, 0.2) is 0 Å². The van der Waals surface area contributed by atoms with Crippen LogP contribution in [0, 0.1) is 12.3 Å². The summed E-state index contributed by atoms with van der Waals surface area (Å²) in [5.41, 5.74) is -0.582. The highest BCUT2D eigenvalue weighted by Gasteiger charge is 2.24. The van der Waals surface area contributed by atoms with Crippen LogP contribution in [0.2, 0.25) is 0 Å². The highest BCUT2D eigenvalue weighted by molar-refractivity contribution is 5.85. The summed E-state index contributed by atoms with van der Waals surface area (Å²) in [6, 6.07) is 0. The molecule has 0 unspecified atom stereocenters. The van der Waals surface area contributed by atoms with E-state index in [-0.39, 0.29) is 5.91 Å². The summed E-state index contributed by atoms with van der Waals surface area (Å²) in [4.78, 5) is 11.1. The molecule has 0 aromatic carbocycles. The van der Waals surface area contributed by atoms with Gasteiger partial charge in [-0.2, -0.15) is 0 Å². The van der Waals surface area contributed by atoms with Gasteiger partial charge in [0.1, 0.15) is 0 Å². The molecule has 0 atom stereocenters. The fraction of sp³-hybridized carbons (Fsp3) is 0.625. The molecule has 0 rings (SSSR count). The van der Waals surface area contributed by atoms with Gasteiger partial charge in [-0.15, -0.1) is 6.42 Å². The van der Waals surface area contributed by atoms with Crippen LogP contribution < -0.4 is 10.6 Å². The standard InChI is InChI=1S/C8H14N2O/c1-5-6-10-8(2,3)7(11)9-4/h1,10H,6H2,2-4H3,(H,9,11). The lowest BCUT2D eigenvalue weighted by Gasteiger charge is -2.22. The molecule has 62 valence electrons. The first-order valence-electron chi connectivity index (χ1n) is 3.45. The van der Waals surface area contributed by atoms with Crippen molar-refractivity contribution in [3.63, 3.8) is 0 Å². The summed E-state index contributed by atoms with van der Waals surface area (Å²) in [6.07, 6.45) is 5.03. The van der Waals surface area contributed by atoms with Crippen LogP contribution in [0.1, 0.15) is 13.8 Å². The van der Waals surface area contributed by atoms with Crippen LogP contribution >= 0.6 is 0 Å². The van der Waals surface area contributed by atoms with E-state index in [1.165, 1.54) is 0 Å². The van der Waals surface area contributed by atoms with Gasteiger partial charge in [-0.3, -0.25) is 10.1 Å². The summed E-state index contributed by atoms with van der Waals surface area (Å²) in [7, 11) is 1.60. The number of carbonyl (C=O) groups is 1. The Balaban J connectivity index is 4.01. The Bertz CT molecular complexity index is 179. The van der Waals surface area contributed by atoms with E-state index in [0.717, 1.165) is 0 Å². The molecule has 0 fully saturated rings. The molecule has 11 heavy (non-hydrogen) atoms. The summed E-state index contributed by atoms with van der Waals surface area (Å²) in [5.74, 6) is 2.35. The highest BCUT2D eigenvalue weighted by atomic mass is 16.2. The van der Waals surface area contributed by atoms with Crippen molar-refractivity contribution in [2.24, 2.45) is 0 Å². The number of hydrogen-bond donors (Lipinski definition) is 2. The molecule has 0 heterocycles. The Labute approximate surface area is 67.6 Å². The lowest BCUT2D eigenvalue weighted by molar-refractivity contribution is -0.125. The molecule has 1 amide bonds. The van der Waals surface area contributed by atoms with E-state index in [9.17, 15) is 4.79 Å². The fourth-order valence-electron chi connectivity index (χ4n) is 0.665. The summed E-state index contributed by atoms with van der Waals surface area (Å²) < 4.78 is 0. The van der Waals surface area contributed by atoms with Gasteiger partial charge in [-0.25, -0.2) is 0 Å². The Morgan fingerprint density at radius 1 is 1.64 bits per heavy atom. The summed E-state index contributed by atoms with van der Waals surface area (Å²) >= 11 is 0. The van der Waals surface area contributed by atoms with E-state index in [2.05, 4.69) is 16.6 Å². The van der Waals surface area contributed by atoms with Crippen molar-refractivity contribution in [1.29, 1.82) is 0 Å². The quantitative estimate of drug-likeness (QED) is 0.550. The summed E-state index contributed by atoms with van der Waals surface area (Å²) in [6.45, 7) is 3.97. The Hall–Kier alpha value is -1.01. The third kappa shape index (κ3) is 3.06. The second kappa shape index (κ2) is 3.99. The van der Waals surface area contributed by atoms with Crippen molar-refractivity contribution >= 4 is 5.91 Å². The third-order valence-electron chi connectivity index (χ3n) is 1.43. The average Bonchev–Trinajstić information content (AvgIpc) is 1.99.